The van der Waals surface area contributed by atoms with E-state index in [1.54, 1.807) is 11.8 Å². The molecule has 3 N–H and O–H groups in total. The Bertz CT molecular complexity index is 482. The number of carboxylic acid groups (broad SMARTS) is 1. The van der Waals surface area contributed by atoms with Gasteiger partial charge in [0.2, 0.25) is 5.91 Å². The van der Waals surface area contributed by atoms with Gasteiger partial charge in [-0.05, 0) is 30.6 Å². The summed E-state index contributed by atoms with van der Waals surface area (Å²) < 4.78 is 0. The number of benzene rings is 1. The van der Waals surface area contributed by atoms with Gasteiger partial charge in [-0.25, -0.2) is 0 Å². The fraction of sp³-hybridized carbons (Fsp3) is 0.556. The van der Waals surface area contributed by atoms with E-state index in [9.17, 15) is 9.59 Å². The minimum atomic E-state index is -0.730. The van der Waals surface area contributed by atoms with Gasteiger partial charge in [0.15, 0.2) is 0 Å². The Balaban J connectivity index is 2.25. The quantitative estimate of drug-likeness (QED) is 0.486. The first-order valence-electron chi connectivity index (χ1n) is 8.31. The third kappa shape index (κ3) is 11.4. The van der Waals surface area contributed by atoms with Gasteiger partial charge in [0.1, 0.15) is 0 Å². The summed E-state index contributed by atoms with van der Waals surface area (Å²) in [5, 5.41) is 9.18. The first kappa shape index (κ1) is 20.9. The number of thioether (sulfide) groups is 2. The number of primary amides is 1. The van der Waals surface area contributed by atoms with E-state index in [1.165, 1.54) is 5.56 Å². The van der Waals surface area contributed by atoms with Gasteiger partial charge in [0.25, 0.3) is 0 Å². The van der Waals surface area contributed by atoms with Crippen molar-refractivity contribution in [1.82, 2.24) is 0 Å². The van der Waals surface area contributed by atoms with E-state index in [-0.39, 0.29) is 12.3 Å². The van der Waals surface area contributed by atoms with Gasteiger partial charge < -0.3 is 10.8 Å². The zero-order valence-corrected chi connectivity index (χ0v) is 15.6. The minimum Gasteiger partial charge on any atom is -0.481 e. The van der Waals surface area contributed by atoms with Crippen molar-refractivity contribution in [1.29, 1.82) is 0 Å². The van der Waals surface area contributed by atoms with Crippen LogP contribution in [0.1, 0.15) is 44.1 Å². The summed E-state index contributed by atoms with van der Waals surface area (Å²) in [7, 11) is 0. The van der Waals surface area contributed by atoms with E-state index in [0.717, 1.165) is 42.9 Å². The van der Waals surface area contributed by atoms with E-state index < -0.39 is 5.97 Å². The van der Waals surface area contributed by atoms with E-state index in [4.69, 9.17) is 10.8 Å². The molecule has 0 aliphatic carbocycles. The fourth-order valence-electron chi connectivity index (χ4n) is 2.26. The highest BCUT2D eigenvalue weighted by Crippen LogP contribution is 2.24. The zero-order valence-electron chi connectivity index (χ0n) is 14.0. The monoisotopic (exact) mass is 369 g/mol. The van der Waals surface area contributed by atoms with Crippen LogP contribution in [0.25, 0.3) is 0 Å². The number of rotatable bonds is 14. The minimum absolute atomic E-state index is 0.238. The van der Waals surface area contributed by atoms with Crippen LogP contribution in [0.15, 0.2) is 30.3 Å². The number of aliphatic carboxylic acids is 1. The van der Waals surface area contributed by atoms with Crippen molar-refractivity contribution in [2.75, 3.05) is 11.5 Å². The third-order valence-corrected chi connectivity index (χ3v) is 6.01. The van der Waals surface area contributed by atoms with Crippen LogP contribution >= 0.6 is 23.5 Å². The number of carboxylic acids is 1. The van der Waals surface area contributed by atoms with Crippen LogP contribution in [-0.4, -0.2) is 33.7 Å². The molecule has 6 heteroatoms. The van der Waals surface area contributed by atoms with Crippen molar-refractivity contribution in [3.8, 4) is 0 Å². The van der Waals surface area contributed by atoms with E-state index in [2.05, 4.69) is 24.3 Å². The Morgan fingerprint density at radius 1 is 1.04 bits per heavy atom. The van der Waals surface area contributed by atoms with E-state index in [0.29, 0.717) is 11.7 Å². The van der Waals surface area contributed by atoms with Gasteiger partial charge in [-0.2, -0.15) is 23.5 Å². The molecule has 1 rings (SSSR count). The lowest BCUT2D eigenvalue weighted by Gasteiger charge is -2.16. The second-order valence-electron chi connectivity index (χ2n) is 5.68. The Kier molecular flexibility index (Phi) is 11.5. The van der Waals surface area contributed by atoms with Crippen LogP contribution in [0.4, 0.5) is 0 Å². The Morgan fingerprint density at radius 2 is 1.79 bits per heavy atom. The maximum atomic E-state index is 10.9. The van der Waals surface area contributed by atoms with Crippen molar-refractivity contribution >= 4 is 35.4 Å². The number of hydrogen-bond acceptors (Lipinski definition) is 4. The van der Waals surface area contributed by atoms with Gasteiger partial charge >= 0.3 is 5.97 Å². The lowest BCUT2D eigenvalue weighted by molar-refractivity contribution is -0.137. The Morgan fingerprint density at radius 3 is 2.46 bits per heavy atom. The van der Waals surface area contributed by atoms with Crippen molar-refractivity contribution in [2.45, 2.75) is 49.5 Å². The normalized spacial score (nSPS) is 12.0. The molecule has 0 bridgehead atoms. The van der Waals surface area contributed by atoms with Crippen LogP contribution in [0.5, 0.6) is 0 Å². The summed E-state index contributed by atoms with van der Waals surface area (Å²) in [6.07, 6.45) is 4.37. The number of carbonyl (C=O) groups is 2. The van der Waals surface area contributed by atoms with Gasteiger partial charge in [-0.3, -0.25) is 9.59 Å². The molecule has 0 saturated heterocycles. The molecule has 1 aromatic carbocycles. The predicted octanol–water partition coefficient (Wildman–Crippen LogP) is 3.93. The molecule has 0 radical (unpaired) electrons. The lowest BCUT2D eigenvalue weighted by Crippen LogP contribution is -2.13. The van der Waals surface area contributed by atoms with E-state index in [1.807, 2.05) is 17.8 Å². The lowest BCUT2D eigenvalue weighted by atomic mass is 10.1. The molecule has 1 unspecified atom stereocenters. The highest BCUT2D eigenvalue weighted by atomic mass is 32.2. The van der Waals surface area contributed by atoms with Crippen molar-refractivity contribution in [3.63, 3.8) is 0 Å². The maximum Gasteiger partial charge on any atom is 0.303 e. The average molecular weight is 370 g/mol. The van der Waals surface area contributed by atoms with Crippen LogP contribution in [0.2, 0.25) is 0 Å². The van der Waals surface area contributed by atoms with Crippen LogP contribution in [0, 0.1) is 0 Å². The zero-order chi connectivity index (χ0) is 17.6. The topological polar surface area (TPSA) is 80.4 Å². The predicted molar refractivity (Wildman–Crippen MR) is 103 cm³/mol. The van der Waals surface area contributed by atoms with E-state index >= 15 is 0 Å². The first-order valence-corrected chi connectivity index (χ1v) is 10.5. The Labute approximate surface area is 153 Å². The molecule has 1 aromatic rings. The molecule has 0 fully saturated rings. The summed E-state index contributed by atoms with van der Waals surface area (Å²) in [5.41, 5.74) is 6.53. The second-order valence-corrected chi connectivity index (χ2v) is 8.19. The number of unbranched alkanes of at least 4 members (excludes halogenated alkanes) is 1. The molecule has 134 valence electrons. The van der Waals surface area contributed by atoms with Crippen molar-refractivity contribution in [3.05, 3.63) is 35.9 Å². The standard InChI is InChI=1S/C18H27NO3S2/c19-17(20)11-13-24-16(8-4-5-9-18(21)22)10-12-23-14-15-6-2-1-3-7-15/h1-3,6-7,16H,4-5,8-14H2,(H2,19,20)(H,21,22). The molecule has 0 heterocycles. The highest BCUT2D eigenvalue weighted by molar-refractivity contribution is 8.00. The smallest absolute Gasteiger partial charge is 0.303 e. The molecule has 0 aliphatic rings. The number of hydrogen-bond donors (Lipinski definition) is 2. The van der Waals surface area contributed by atoms with Gasteiger partial charge in [-0.1, -0.05) is 36.8 Å². The van der Waals surface area contributed by atoms with Crippen molar-refractivity contribution < 1.29 is 14.7 Å². The molecule has 0 saturated carbocycles. The van der Waals surface area contributed by atoms with Crippen LogP contribution in [-0.2, 0) is 15.3 Å². The molecule has 1 amide bonds. The molecule has 0 aromatic heterocycles. The van der Waals surface area contributed by atoms with Gasteiger partial charge in [-0.15, -0.1) is 0 Å². The highest BCUT2D eigenvalue weighted by Gasteiger charge is 2.10. The molecule has 0 aliphatic heterocycles. The first-order chi connectivity index (χ1) is 11.6. The number of nitrogens with two attached hydrogens (primary N) is 1. The number of carbonyl (C=O) groups excluding carboxylic acids is 1. The molecular formula is C18H27NO3S2. The average Bonchev–Trinajstić information content (AvgIpc) is 2.55. The summed E-state index contributed by atoms with van der Waals surface area (Å²) in [5.74, 6) is 1.85. The van der Waals surface area contributed by atoms with Gasteiger partial charge in [0.05, 0.1) is 0 Å². The molecule has 1 atom stereocenters. The summed E-state index contributed by atoms with van der Waals surface area (Å²) in [6.45, 7) is 0. The molecule has 4 nitrogen and oxygen atoms in total. The molecular weight excluding hydrogens is 342 g/mol. The second kappa shape index (κ2) is 13.2. The van der Waals surface area contributed by atoms with Crippen molar-refractivity contribution in [2.24, 2.45) is 5.73 Å². The summed E-state index contributed by atoms with van der Waals surface area (Å²) >= 11 is 3.71. The summed E-state index contributed by atoms with van der Waals surface area (Å²) in [4.78, 5) is 21.4. The Hall–Kier alpha value is -1.14. The maximum absolute atomic E-state index is 10.9. The summed E-state index contributed by atoms with van der Waals surface area (Å²) in [6, 6.07) is 10.4. The van der Waals surface area contributed by atoms with Crippen LogP contribution in [0.3, 0.4) is 0 Å². The number of amides is 1. The third-order valence-electron chi connectivity index (χ3n) is 3.56. The SMILES string of the molecule is NC(=O)CCSC(CCCCC(=O)O)CCSCc1ccccc1. The van der Waals surface area contributed by atoms with Crippen LogP contribution < -0.4 is 5.73 Å². The largest absolute Gasteiger partial charge is 0.481 e. The molecule has 0 spiro atoms. The van der Waals surface area contributed by atoms with Gasteiger partial charge in [0, 0.05) is 29.6 Å². The molecule has 24 heavy (non-hydrogen) atoms. The fourth-order valence-corrected chi connectivity index (χ4v) is 4.71.